The van der Waals surface area contributed by atoms with Crippen molar-refractivity contribution in [2.45, 2.75) is 25.8 Å². The zero-order valence-corrected chi connectivity index (χ0v) is 16.7. The molecule has 0 bridgehead atoms. The number of rotatable bonds is 5. The molecule has 1 saturated heterocycles. The summed E-state index contributed by atoms with van der Waals surface area (Å²) in [5, 5.41) is 3.16. The van der Waals surface area contributed by atoms with Crippen molar-refractivity contribution in [3.63, 3.8) is 0 Å². The minimum Gasteiger partial charge on any atom is -0.497 e. The van der Waals surface area contributed by atoms with Gasteiger partial charge in [0.15, 0.2) is 5.65 Å². The standard InChI is InChI=1S/C22H25N5O2/c1-15(16-5-7-19(29-2)8-6-16)26-22(28)17-4-3-11-27(14-17)18-12-20-21(25-13-18)24-10-9-23-20/h5-10,12-13,15,17H,3-4,11,14H2,1-2H3,(H,26,28). The summed E-state index contributed by atoms with van der Waals surface area (Å²) < 4.78 is 5.20. The SMILES string of the molecule is COc1ccc(C(C)NC(=O)C2CCCN(c3cnc4nccnc4c3)C2)cc1. The third kappa shape index (κ3) is 4.29. The maximum absolute atomic E-state index is 12.9. The van der Waals surface area contributed by atoms with Crippen molar-refractivity contribution in [2.24, 2.45) is 5.92 Å². The molecule has 29 heavy (non-hydrogen) atoms. The van der Waals surface area contributed by atoms with Crippen LogP contribution in [-0.4, -0.2) is 41.1 Å². The van der Waals surface area contributed by atoms with Gasteiger partial charge in [-0.3, -0.25) is 9.78 Å². The van der Waals surface area contributed by atoms with Crippen LogP contribution in [-0.2, 0) is 4.79 Å². The van der Waals surface area contributed by atoms with Crippen molar-refractivity contribution >= 4 is 22.8 Å². The summed E-state index contributed by atoms with van der Waals surface area (Å²) >= 11 is 0. The van der Waals surface area contributed by atoms with E-state index in [2.05, 4.69) is 25.2 Å². The van der Waals surface area contributed by atoms with Crippen molar-refractivity contribution in [2.75, 3.05) is 25.1 Å². The van der Waals surface area contributed by atoms with Crippen LogP contribution in [0.2, 0.25) is 0 Å². The summed E-state index contributed by atoms with van der Waals surface area (Å²) in [4.78, 5) is 28.1. The van der Waals surface area contributed by atoms with Crippen LogP contribution in [0.1, 0.15) is 31.4 Å². The third-order valence-electron chi connectivity index (χ3n) is 5.44. The second kappa shape index (κ2) is 8.43. The molecular formula is C22H25N5O2. The number of pyridine rings is 1. The van der Waals surface area contributed by atoms with Crippen molar-refractivity contribution < 1.29 is 9.53 Å². The van der Waals surface area contributed by atoms with Gasteiger partial charge in [-0.2, -0.15) is 0 Å². The smallest absolute Gasteiger partial charge is 0.225 e. The number of amides is 1. The summed E-state index contributed by atoms with van der Waals surface area (Å²) in [6.45, 7) is 3.59. The van der Waals surface area contributed by atoms with Gasteiger partial charge in [0, 0.05) is 25.5 Å². The molecule has 1 aliphatic rings. The van der Waals surface area contributed by atoms with Crippen LogP contribution >= 0.6 is 0 Å². The Morgan fingerprint density at radius 1 is 1.21 bits per heavy atom. The van der Waals surface area contributed by atoms with Gasteiger partial charge < -0.3 is 15.0 Å². The first-order valence-electron chi connectivity index (χ1n) is 9.90. The largest absolute Gasteiger partial charge is 0.497 e. The second-order valence-electron chi connectivity index (χ2n) is 7.38. The maximum atomic E-state index is 12.9. The number of benzene rings is 1. The van der Waals surface area contributed by atoms with Gasteiger partial charge in [-0.15, -0.1) is 0 Å². The lowest BCUT2D eigenvalue weighted by molar-refractivity contribution is -0.125. The first-order chi connectivity index (χ1) is 14.1. The lowest BCUT2D eigenvalue weighted by Gasteiger charge is -2.34. The summed E-state index contributed by atoms with van der Waals surface area (Å²) in [7, 11) is 1.65. The molecule has 1 aliphatic heterocycles. The van der Waals surface area contributed by atoms with Gasteiger partial charge in [0.25, 0.3) is 0 Å². The Balaban J connectivity index is 1.42. The topological polar surface area (TPSA) is 80.2 Å². The quantitative estimate of drug-likeness (QED) is 0.720. The van der Waals surface area contributed by atoms with E-state index in [9.17, 15) is 4.79 Å². The average molecular weight is 391 g/mol. The first kappa shape index (κ1) is 19.1. The minimum atomic E-state index is -0.0543. The fourth-order valence-corrected chi connectivity index (χ4v) is 3.75. The number of anilines is 1. The number of fused-ring (bicyclic) bond motifs is 1. The van der Waals surface area contributed by atoms with Gasteiger partial charge in [-0.1, -0.05) is 12.1 Å². The van der Waals surface area contributed by atoms with Crippen LogP contribution in [0.4, 0.5) is 5.69 Å². The maximum Gasteiger partial charge on any atom is 0.225 e. The van der Waals surface area contributed by atoms with Gasteiger partial charge in [0.05, 0.1) is 31.0 Å². The number of nitrogens with one attached hydrogen (secondary N) is 1. The van der Waals surface area contributed by atoms with E-state index in [0.717, 1.165) is 41.9 Å². The number of aromatic nitrogens is 3. The molecule has 0 spiro atoms. The van der Waals surface area contributed by atoms with Crippen LogP contribution in [0.25, 0.3) is 11.2 Å². The van der Waals surface area contributed by atoms with E-state index in [-0.39, 0.29) is 17.9 Å². The highest BCUT2D eigenvalue weighted by Crippen LogP contribution is 2.25. The number of methoxy groups -OCH3 is 1. The third-order valence-corrected chi connectivity index (χ3v) is 5.44. The molecule has 4 rings (SSSR count). The number of nitrogens with zero attached hydrogens (tertiary/aromatic N) is 4. The number of hydrogen-bond donors (Lipinski definition) is 1. The molecule has 2 aromatic heterocycles. The molecule has 1 amide bonds. The molecule has 0 aliphatic carbocycles. The molecular weight excluding hydrogens is 366 g/mol. The van der Waals surface area contributed by atoms with E-state index < -0.39 is 0 Å². The molecule has 2 atom stereocenters. The molecule has 3 aromatic rings. The van der Waals surface area contributed by atoms with Crippen LogP contribution < -0.4 is 15.0 Å². The summed E-state index contributed by atoms with van der Waals surface area (Å²) in [5.41, 5.74) is 3.45. The van der Waals surface area contributed by atoms with Crippen molar-refractivity contribution in [3.05, 3.63) is 54.5 Å². The lowest BCUT2D eigenvalue weighted by Crippen LogP contribution is -2.43. The molecule has 7 heteroatoms. The Kier molecular flexibility index (Phi) is 5.55. The van der Waals surface area contributed by atoms with Crippen LogP contribution in [0.5, 0.6) is 5.75 Å². The highest BCUT2D eigenvalue weighted by molar-refractivity contribution is 5.80. The lowest BCUT2D eigenvalue weighted by atomic mass is 9.96. The number of ether oxygens (including phenoxy) is 1. The highest BCUT2D eigenvalue weighted by Gasteiger charge is 2.27. The number of carbonyl (C=O) groups is 1. The summed E-state index contributed by atoms with van der Waals surface area (Å²) in [5.74, 6) is 0.845. The molecule has 3 heterocycles. The Morgan fingerprint density at radius 2 is 2.00 bits per heavy atom. The van der Waals surface area contributed by atoms with E-state index in [4.69, 9.17) is 4.74 Å². The predicted octanol–water partition coefficient (Wildman–Crippen LogP) is 3.13. The molecule has 1 N–H and O–H groups in total. The zero-order valence-electron chi connectivity index (χ0n) is 16.7. The van der Waals surface area contributed by atoms with Crippen molar-refractivity contribution in [1.29, 1.82) is 0 Å². The Bertz CT molecular complexity index is 992. The Morgan fingerprint density at radius 3 is 2.79 bits per heavy atom. The Labute approximate surface area is 170 Å². The van der Waals surface area contributed by atoms with Gasteiger partial charge in [-0.25, -0.2) is 9.97 Å². The van der Waals surface area contributed by atoms with E-state index in [1.165, 1.54) is 0 Å². The average Bonchev–Trinajstić information content (AvgIpc) is 2.78. The second-order valence-corrected chi connectivity index (χ2v) is 7.38. The molecule has 7 nitrogen and oxygen atoms in total. The van der Waals surface area contributed by atoms with Crippen molar-refractivity contribution in [1.82, 2.24) is 20.3 Å². The van der Waals surface area contributed by atoms with Crippen LogP contribution in [0, 0.1) is 5.92 Å². The predicted molar refractivity (Wildman–Crippen MR) is 112 cm³/mol. The molecule has 2 unspecified atom stereocenters. The van der Waals surface area contributed by atoms with E-state index in [1.807, 2.05) is 43.5 Å². The zero-order chi connectivity index (χ0) is 20.2. The molecule has 0 saturated carbocycles. The summed E-state index contributed by atoms with van der Waals surface area (Å²) in [6.07, 6.45) is 6.98. The molecule has 1 aromatic carbocycles. The van der Waals surface area contributed by atoms with Crippen molar-refractivity contribution in [3.8, 4) is 5.75 Å². The number of carbonyl (C=O) groups excluding carboxylic acids is 1. The van der Waals surface area contributed by atoms with Gasteiger partial charge in [-0.05, 0) is 43.5 Å². The summed E-state index contributed by atoms with van der Waals surface area (Å²) in [6, 6.07) is 9.74. The van der Waals surface area contributed by atoms with E-state index in [1.54, 1.807) is 19.5 Å². The fraction of sp³-hybridized carbons (Fsp3) is 0.364. The molecule has 0 radical (unpaired) electrons. The van der Waals surface area contributed by atoms with Gasteiger partial charge in [0.1, 0.15) is 11.3 Å². The normalized spacial score (nSPS) is 17.7. The van der Waals surface area contributed by atoms with Gasteiger partial charge >= 0.3 is 0 Å². The van der Waals surface area contributed by atoms with Gasteiger partial charge in [0.2, 0.25) is 5.91 Å². The Hall–Kier alpha value is -3.22. The molecule has 1 fully saturated rings. The van der Waals surface area contributed by atoms with E-state index in [0.29, 0.717) is 12.2 Å². The van der Waals surface area contributed by atoms with Crippen LogP contribution in [0.15, 0.2) is 48.9 Å². The van der Waals surface area contributed by atoms with E-state index >= 15 is 0 Å². The highest BCUT2D eigenvalue weighted by atomic mass is 16.5. The monoisotopic (exact) mass is 391 g/mol. The van der Waals surface area contributed by atoms with Crippen LogP contribution in [0.3, 0.4) is 0 Å². The number of piperidine rings is 1. The number of hydrogen-bond acceptors (Lipinski definition) is 6. The first-order valence-corrected chi connectivity index (χ1v) is 9.90. The fourth-order valence-electron chi connectivity index (χ4n) is 3.75. The minimum absolute atomic E-state index is 0.0537. The molecule has 150 valence electrons.